The van der Waals surface area contributed by atoms with Crippen molar-refractivity contribution in [2.45, 2.75) is 20.3 Å². The number of hydrogen-bond acceptors (Lipinski definition) is 2. The molecule has 0 heterocycles. The van der Waals surface area contributed by atoms with Crippen molar-refractivity contribution in [1.29, 1.82) is 0 Å². The van der Waals surface area contributed by atoms with Crippen molar-refractivity contribution in [2.75, 3.05) is 6.16 Å². The largest absolute Gasteiger partial charge is 0.281 e. The molecule has 0 saturated carbocycles. The number of aryl methyl sites for hydroxylation is 1. The van der Waals surface area contributed by atoms with Crippen LogP contribution in [0.2, 0.25) is 0 Å². The third kappa shape index (κ3) is 2.49. The first-order valence-electron chi connectivity index (χ1n) is 4.71. The van der Waals surface area contributed by atoms with Crippen LogP contribution in [0, 0.1) is 6.92 Å². The number of carbonyl (C=O) groups excluding carboxylic acids is 1. The van der Waals surface area contributed by atoms with E-state index in [0.29, 0.717) is 11.7 Å². The minimum Gasteiger partial charge on any atom is -0.281 e. The molecule has 1 radical (unpaired) electrons. The molecule has 1 unspecified atom stereocenters. The Morgan fingerprint density at radius 3 is 2.57 bits per heavy atom. The molecule has 75 valence electrons. The molecule has 14 heavy (non-hydrogen) atoms. The van der Waals surface area contributed by atoms with Gasteiger partial charge in [0.1, 0.15) is 7.80 Å². The molecule has 3 heteroatoms. The Labute approximate surface area is 85.1 Å². The number of rotatable bonds is 4. The van der Waals surface area contributed by atoms with E-state index in [1.807, 2.05) is 26.0 Å². The predicted octanol–water partition coefficient (Wildman–Crippen LogP) is 3.37. The van der Waals surface area contributed by atoms with Crippen LogP contribution in [0.4, 0.5) is 0 Å². The molecule has 0 saturated heterocycles. The van der Waals surface area contributed by atoms with E-state index in [4.69, 9.17) is 0 Å². The summed E-state index contributed by atoms with van der Waals surface area (Å²) in [4.78, 5) is 11.7. The van der Waals surface area contributed by atoms with E-state index in [0.717, 1.165) is 12.0 Å². The van der Waals surface area contributed by atoms with E-state index in [9.17, 15) is 9.36 Å². The highest BCUT2D eigenvalue weighted by Crippen LogP contribution is 2.28. The van der Waals surface area contributed by atoms with E-state index in [-0.39, 0.29) is 5.52 Å². The molecular formula is C11H14O2P. The third-order valence-electron chi connectivity index (χ3n) is 2.03. The number of carbonyl (C=O) groups is 1. The zero-order chi connectivity index (χ0) is 10.6. The fourth-order valence-electron chi connectivity index (χ4n) is 1.25. The molecule has 1 atom stereocenters. The fraction of sp³-hybridized carbons (Fsp3) is 0.364. The zero-order valence-corrected chi connectivity index (χ0v) is 9.38. The van der Waals surface area contributed by atoms with Gasteiger partial charge in [-0.3, -0.25) is 9.36 Å². The van der Waals surface area contributed by atoms with Crippen LogP contribution in [-0.2, 0) is 4.57 Å². The molecule has 0 aliphatic carbocycles. The lowest BCUT2D eigenvalue weighted by Gasteiger charge is -2.02. The molecule has 0 spiro atoms. The van der Waals surface area contributed by atoms with Gasteiger partial charge in [-0.15, -0.1) is 0 Å². The van der Waals surface area contributed by atoms with Gasteiger partial charge in [0.25, 0.3) is 0 Å². The molecule has 1 aromatic rings. The van der Waals surface area contributed by atoms with Crippen LogP contribution in [0.1, 0.15) is 29.3 Å². The molecule has 0 N–H and O–H groups in total. The van der Waals surface area contributed by atoms with E-state index in [1.165, 1.54) is 0 Å². The van der Waals surface area contributed by atoms with E-state index in [1.54, 1.807) is 12.1 Å². The predicted molar refractivity (Wildman–Crippen MR) is 58.3 cm³/mol. The Kier molecular flexibility index (Phi) is 3.97. The van der Waals surface area contributed by atoms with Gasteiger partial charge < -0.3 is 0 Å². The van der Waals surface area contributed by atoms with Gasteiger partial charge in [-0.05, 0) is 18.9 Å². The molecule has 0 aliphatic heterocycles. The maximum Gasteiger partial charge on any atom is 0.242 e. The molecule has 0 aromatic heterocycles. The molecular weight excluding hydrogens is 195 g/mol. The zero-order valence-electron chi connectivity index (χ0n) is 8.49. The van der Waals surface area contributed by atoms with Crippen LogP contribution in [0.15, 0.2) is 24.3 Å². The maximum atomic E-state index is 11.7. The normalized spacial score (nSPS) is 11.1. The van der Waals surface area contributed by atoms with Crippen LogP contribution in [0.3, 0.4) is 0 Å². The monoisotopic (exact) mass is 209 g/mol. The lowest BCUT2D eigenvalue weighted by Crippen LogP contribution is -1.97. The lowest BCUT2D eigenvalue weighted by molar-refractivity contribution is 0.107. The van der Waals surface area contributed by atoms with Crippen molar-refractivity contribution >= 4 is 13.3 Å². The summed E-state index contributed by atoms with van der Waals surface area (Å²) >= 11 is 0. The standard InChI is InChI=1S/C11H14O2P/c1-3-8-14(13)11(12)10-7-5-4-6-9(10)2/h4-7H,3,8H2,1-2H3. The Bertz CT molecular complexity index is 358. The van der Waals surface area contributed by atoms with Crippen molar-refractivity contribution in [3.63, 3.8) is 0 Å². The average Bonchev–Trinajstić information content (AvgIpc) is 2.18. The average molecular weight is 209 g/mol. The SMILES string of the molecule is CCC[P](=O)C(=O)c1ccccc1C. The Morgan fingerprint density at radius 1 is 1.36 bits per heavy atom. The first-order valence-corrected chi connectivity index (χ1v) is 6.16. The van der Waals surface area contributed by atoms with Crippen molar-refractivity contribution in [1.82, 2.24) is 0 Å². The molecule has 1 aromatic carbocycles. The van der Waals surface area contributed by atoms with Gasteiger partial charge >= 0.3 is 0 Å². The summed E-state index contributed by atoms with van der Waals surface area (Å²) in [5.74, 6) is 0. The Balaban J connectivity index is 2.90. The summed E-state index contributed by atoms with van der Waals surface area (Å²) < 4.78 is 11.5. The quantitative estimate of drug-likeness (QED) is 0.712. The van der Waals surface area contributed by atoms with E-state index in [2.05, 4.69) is 0 Å². The Morgan fingerprint density at radius 2 is 2.00 bits per heavy atom. The summed E-state index contributed by atoms with van der Waals surface area (Å²) in [6.07, 6.45) is 1.27. The van der Waals surface area contributed by atoms with Gasteiger partial charge in [0.05, 0.1) is 0 Å². The van der Waals surface area contributed by atoms with Crippen LogP contribution in [0.5, 0.6) is 0 Å². The molecule has 0 amide bonds. The van der Waals surface area contributed by atoms with Crippen molar-refractivity contribution in [2.24, 2.45) is 0 Å². The van der Waals surface area contributed by atoms with Crippen LogP contribution < -0.4 is 0 Å². The van der Waals surface area contributed by atoms with Crippen molar-refractivity contribution < 1.29 is 9.36 Å². The summed E-state index contributed by atoms with van der Waals surface area (Å²) in [7, 11) is -1.72. The first kappa shape index (κ1) is 11.1. The molecule has 0 fully saturated rings. The molecule has 0 bridgehead atoms. The minimum absolute atomic E-state index is 0.208. The van der Waals surface area contributed by atoms with E-state index < -0.39 is 7.80 Å². The molecule has 0 aliphatic rings. The fourth-order valence-corrected chi connectivity index (χ4v) is 2.38. The van der Waals surface area contributed by atoms with Crippen LogP contribution in [-0.4, -0.2) is 11.7 Å². The maximum absolute atomic E-state index is 11.7. The third-order valence-corrected chi connectivity index (χ3v) is 3.58. The van der Waals surface area contributed by atoms with Gasteiger partial charge in [-0.25, -0.2) is 0 Å². The summed E-state index contributed by atoms with van der Waals surface area (Å²) in [6, 6.07) is 7.28. The highest BCUT2D eigenvalue weighted by molar-refractivity contribution is 7.64. The number of benzene rings is 1. The second kappa shape index (κ2) is 5.02. The van der Waals surface area contributed by atoms with Gasteiger partial charge in [-0.2, -0.15) is 0 Å². The summed E-state index contributed by atoms with van der Waals surface area (Å²) in [6.45, 7) is 3.79. The van der Waals surface area contributed by atoms with Crippen LogP contribution >= 0.6 is 7.80 Å². The van der Waals surface area contributed by atoms with Gasteiger partial charge in [0.15, 0.2) is 0 Å². The summed E-state index contributed by atoms with van der Waals surface area (Å²) in [5, 5.41) is 0. The summed E-state index contributed by atoms with van der Waals surface area (Å²) in [5.41, 5.74) is 1.29. The van der Waals surface area contributed by atoms with E-state index >= 15 is 0 Å². The Hall–Kier alpha value is -1.01. The smallest absolute Gasteiger partial charge is 0.242 e. The van der Waals surface area contributed by atoms with Crippen LogP contribution in [0.25, 0.3) is 0 Å². The highest BCUT2D eigenvalue weighted by atomic mass is 31.1. The van der Waals surface area contributed by atoms with Gasteiger partial charge in [0, 0.05) is 11.7 Å². The topological polar surface area (TPSA) is 34.1 Å². The lowest BCUT2D eigenvalue weighted by atomic mass is 10.1. The van der Waals surface area contributed by atoms with Crippen molar-refractivity contribution in [3.8, 4) is 0 Å². The van der Waals surface area contributed by atoms with Gasteiger partial charge in [0.2, 0.25) is 5.52 Å². The second-order valence-corrected chi connectivity index (χ2v) is 4.83. The second-order valence-electron chi connectivity index (χ2n) is 3.22. The first-order chi connectivity index (χ1) is 6.66. The molecule has 1 rings (SSSR count). The minimum atomic E-state index is -1.72. The van der Waals surface area contributed by atoms with Gasteiger partial charge in [-0.1, -0.05) is 31.2 Å². The van der Waals surface area contributed by atoms with Crippen molar-refractivity contribution in [3.05, 3.63) is 35.4 Å². The highest BCUT2D eigenvalue weighted by Gasteiger charge is 2.15. The molecule has 2 nitrogen and oxygen atoms in total. The number of hydrogen-bond donors (Lipinski definition) is 0.